The second-order valence-electron chi connectivity index (χ2n) is 6.57. The Bertz CT molecular complexity index is 176. The van der Waals surface area contributed by atoms with Crippen LogP contribution < -0.4 is 10.6 Å². The van der Waals surface area contributed by atoms with Crippen LogP contribution in [-0.2, 0) is 0 Å². The minimum Gasteiger partial charge on any atom is -0.315 e. The summed E-state index contributed by atoms with van der Waals surface area (Å²) in [7, 11) is 0. The molecule has 0 amide bonds. The van der Waals surface area contributed by atoms with Crippen LogP contribution in [0.3, 0.4) is 0 Å². The zero-order chi connectivity index (χ0) is 12.6. The molecule has 0 aromatic carbocycles. The summed E-state index contributed by atoms with van der Waals surface area (Å²) < 4.78 is 0. The third kappa shape index (κ3) is 8.62. The molecule has 0 aromatic heterocycles. The summed E-state index contributed by atoms with van der Waals surface area (Å²) >= 11 is 0. The van der Waals surface area contributed by atoms with Gasteiger partial charge in [0.1, 0.15) is 0 Å². The lowest BCUT2D eigenvalue weighted by Crippen LogP contribution is -2.40. The summed E-state index contributed by atoms with van der Waals surface area (Å²) in [5, 5.41) is 7.07. The molecule has 2 nitrogen and oxygen atoms in total. The van der Waals surface area contributed by atoms with Crippen molar-refractivity contribution in [1.82, 2.24) is 10.6 Å². The third-order valence-corrected chi connectivity index (χ3v) is 3.66. The molecule has 1 saturated carbocycles. The van der Waals surface area contributed by atoms with Gasteiger partial charge in [-0.1, -0.05) is 38.5 Å². The van der Waals surface area contributed by atoms with Crippen molar-refractivity contribution in [1.29, 1.82) is 0 Å². The van der Waals surface area contributed by atoms with Crippen molar-refractivity contribution in [3.63, 3.8) is 0 Å². The number of hydrogen-bond acceptors (Lipinski definition) is 2. The molecule has 0 radical (unpaired) electrons. The molecule has 2 N–H and O–H groups in total. The van der Waals surface area contributed by atoms with Gasteiger partial charge < -0.3 is 10.6 Å². The molecule has 0 aliphatic heterocycles. The number of hydrogen-bond donors (Lipinski definition) is 2. The minimum atomic E-state index is 0.253. The second kappa shape index (κ2) is 8.10. The predicted molar refractivity (Wildman–Crippen MR) is 76.4 cm³/mol. The molecule has 0 atom stereocenters. The van der Waals surface area contributed by atoms with Crippen LogP contribution in [0.2, 0.25) is 0 Å². The molecule has 0 saturated heterocycles. The third-order valence-electron chi connectivity index (χ3n) is 3.66. The highest BCUT2D eigenvalue weighted by atomic mass is 15.0. The molecular formula is C15H32N2. The molecule has 0 spiro atoms. The molecule has 2 heteroatoms. The lowest BCUT2D eigenvalue weighted by Gasteiger charge is -2.21. The van der Waals surface area contributed by atoms with Crippen molar-refractivity contribution >= 4 is 0 Å². The van der Waals surface area contributed by atoms with Crippen LogP contribution in [0.5, 0.6) is 0 Å². The van der Waals surface area contributed by atoms with Crippen molar-refractivity contribution < 1.29 is 0 Å². The minimum absolute atomic E-state index is 0.253. The summed E-state index contributed by atoms with van der Waals surface area (Å²) in [6, 6.07) is 0. The maximum atomic E-state index is 3.56. The average molecular weight is 240 g/mol. The Morgan fingerprint density at radius 2 is 1.53 bits per heavy atom. The first kappa shape index (κ1) is 15.0. The van der Waals surface area contributed by atoms with E-state index in [1.54, 1.807) is 0 Å². The van der Waals surface area contributed by atoms with E-state index in [4.69, 9.17) is 0 Å². The molecule has 17 heavy (non-hydrogen) atoms. The predicted octanol–water partition coefficient (Wildman–Crippen LogP) is 3.32. The zero-order valence-corrected chi connectivity index (χ0v) is 12.1. The van der Waals surface area contributed by atoms with Gasteiger partial charge in [0.15, 0.2) is 0 Å². The molecule has 0 unspecified atom stereocenters. The second-order valence-corrected chi connectivity index (χ2v) is 6.57. The summed E-state index contributed by atoms with van der Waals surface area (Å²) in [6.07, 6.45) is 10.2. The van der Waals surface area contributed by atoms with E-state index in [0.29, 0.717) is 0 Å². The standard InChI is InChI=1S/C15H32N2/c1-15(2,3)17-13-12-16-11-10-14-8-6-4-5-7-9-14/h14,16-17H,4-13H2,1-3H3. The van der Waals surface area contributed by atoms with Crippen molar-refractivity contribution in [2.24, 2.45) is 5.92 Å². The number of rotatable bonds is 6. The molecule has 0 heterocycles. The van der Waals surface area contributed by atoms with Crippen LogP contribution in [0.25, 0.3) is 0 Å². The van der Waals surface area contributed by atoms with Crippen LogP contribution in [-0.4, -0.2) is 25.2 Å². The van der Waals surface area contributed by atoms with E-state index in [1.165, 1.54) is 51.5 Å². The maximum absolute atomic E-state index is 3.56. The van der Waals surface area contributed by atoms with Crippen LogP contribution >= 0.6 is 0 Å². The van der Waals surface area contributed by atoms with E-state index in [1.807, 2.05) is 0 Å². The first-order valence-electron chi connectivity index (χ1n) is 7.54. The lowest BCUT2D eigenvalue weighted by molar-refractivity contribution is 0.398. The molecule has 0 aromatic rings. The molecule has 1 rings (SSSR count). The van der Waals surface area contributed by atoms with Crippen molar-refractivity contribution in [3.8, 4) is 0 Å². The van der Waals surface area contributed by atoms with Crippen molar-refractivity contribution in [2.45, 2.75) is 71.3 Å². The Morgan fingerprint density at radius 3 is 2.12 bits per heavy atom. The quantitative estimate of drug-likeness (QED) is 0.550. The van der Waals surface area contributed by atoms with Gasteiger partial charge in [0, 0.05) is 18.6 Å². The summed E-state index contributed by atoms with van der Waals surface area (Å²) in [5.41, 5.74) is 0.253. The Kier molecular flexibility index (Phi) is 7.14. The van der Waals surface area contributed by atoms with Gasteiger partial charge in [-0.25, -0.2) is 0 Å². The topological polar surface area (TPSA) is 24.1 Å². The highest BCUT2D eigenvalue weighted by Gasteiger charge is 2.11. The highest BCUT2D eigenvalue weighted by molar-refractivity contribution is 4.71. The summed E-state index contributed by atoms with van der Waals surface area (Å²) in [6.45, 7) is 10.0. The van der Waals surface area contributed by atoms with Crippen LogP contribution in [0.1, 0.15) is 65.7 Å². The summed E-state index contributed by atoms with van der Waals surface area (Å²) in [4.78, 5) is 0. The van der Waals surface area contributed by atoms with Crippen molar-refractivity contribution in [2.75, 3.05) is 19.6 Å². The van der Waals surface area contributed by atoms with Crippen LogP contribution in [0.4, 0.5) is 0 Å². The fourth-order valence-electron chi connectivity index (χ4n) is 2.61. The molecule has 1 aliphatic rings. The van der Waals surface area contributed by atoms with Gasteiger partial charge >= 0.3 is 0 Å². The van der Waals surface area contributed by atoms with Gasteiger partial charge in [0.2, 0.25) is 0 Å². The van der Waals surface area contributed by atoms with E-state index in [2.05, 4.69) is 31.4 Å². The lowest BCUT2D eigenvalue weighted by atomic mass is 9.97. The SMILES string of the molecule is CC(C)(C)NCCNCCC1CCCCCC1. The Hall–Kier alpha value is -0.0800. The van der Waals surface area contributed by atoms with Gasteiger partial charge in [0.25, 0.3) is 0 Å². The monoisotopic (exact) mass is 240 g/mol. The van der Waals surface area contributed by atoms with Gasteiger partial charge in [-0.3, -0.25) is 0 Å². The van der Waals surface area contributed by atoms with Crippen LogP contribution in [0.15, 0.2) is 0 Å². The maximum Gasteiger partial charge on any atom is 0.00970 e. The van der Waals surface area contributed by atoms with E-state index in [9.17, 15) is 0 Å². The van der Waals surface area contributed by atoms with Crippen molar-refractivity contribution in [3.05, 3.63) is 0 Å². The van der Waals surface area contributed by atoms with E-state index in [0.717, 1.165) is 19.0 Å². The molecule has 1 fully saturated rings. The largest absolute Gasteiger partial charge is 0.315 e. The first-order valence-corrected chi connectivity index (χ1v) is 7.54. The smallest absolute Gasteiger partial charge is 0.00970 e. The molecular weight excluding hydrogens is 208 g/mol. The molecule has 102 valence electrons. The zero-order valence-electron chi connectivity index (χ0n) is 12.1. The fraction of sp³-hybridized carbons (Fsp3) is 1.00. The number of nitrogens with one attached hydrogen (secondary N) is 2. The van der Waals surface area contributed by atoms with Gasteiger partial charge in [0.05, 0.1) is 0 Å². The first-order chi connectivity index (χ1) is 8.08. The van der Waals surface area contributed by atoms with Crippen LogP contribution in [0, 0.1) is 5.92 Å². The van der Waals surface area contributed by atoms with E-state index < -0.39 is 0 Å². The Morgan fingerprint density at radius 1 is 0.882 bits per heavy atom. The normalized spacial score (nSPS) is 19.2. The van der Waals surface area contributed by atoms with E-state index in [-0.39, 0.29) is 5.54 Å². The Balaban J connectivity index is 1.93. The van der Waals surface area contributed by atoms with Gasteiger partial charge in [-0.15, -0.1) is 0 Å². The van der Waals surface area contributed by atoms with Gasteiger partial charge in [-0.05, 0) is 39.7 Å². The fourth-order valence-corrected chi connectivity index (χ4v) is 2.61. The molecule has 1 aliphatic carbocycles. The molecule has 0 bridgehead atoms. The van der Waals surface area contributed by atoms with Gasteiger partial charge in [-0.2, -0.15) is 0 Å². The van der Waals surface area contributed by atoms with E-state index >= 15 is 0 Å². The average Bonchev–Trinajstić information content (AvgIpc) is 2.50. The highest BCUT2D eigenvalue weighted by Crippen LogP contribution is 2.24. The summed E-state index contributed by atoms with van der Waals surface area (Å²) in [5.74, 6) is 1.00. The Labute approximate surface area is 108 Å².